The lowest BCUT2D eigenvalue weighted by molar-refractivity contribution is -0.113. The molecule has 0 unspecified atom stereocenters. The molecule has 33 heavy (non-hydrogen) atoms. The highest BCUT2D eigenvalue weighted by molar-refractivity contribution is 8.14. The molecule has 170 valence electrons. The fraction of sp³-hybridized carbons (Fsp3) is 0.167. The van der Waals surface area contributed by atoms with Gasteiger partial charge in [0.2, 0.25) is 0 Å². The number of hydrogen-bond donors (Lipinski definition) is 0. The molecule has 1 amide bonds. The predicted molar refractivity (Wildman–Crippen MR) is 124 cm³/mol. The van der Waals surface area contributed by atoms with Crippen LogP contribution in [0.5, 0.6) is 11.5 Å². The largest absolute Gasteiger partial charge is 0.493 e. The van der Waals surface area contributed by atoms with Crippen molar-refractivity contribution in [3.63, 3.8) is 0 Å². The summed E-state index contributed by atoms with van der Waals surface area (Å²) in [5.74, 6) is 1.46. The standard InChI is InChI=1S/C24H20F2N2O4S/c1-16-4-2-5-19(14-16)31-12-13-33-24-27-21(15-20-6-3-11-30-20)22(29)28(24)17-7-9-18(10-8-17)32-23(25)26/h2-11,14-15,23H,12-13H2,1H3. The normalized spacial score (nSPS) is 14.8. The van der Waals surface area contributed by atoms with E-state index < -0.39 is 6.61 Å². The van der Waals surface area contributed by atoms with E-state index in [1.807, 2.05) is 31.2 Å². The van der Waals surface area contributed by atoms with Crippen LogP contribution in [0, 0.1) is 6.92 Å². The number of amides is 1. The highest BCUT2D eigenvalue weighted by atomic mass is 32.2. The molecule has 9 heteroatoms. The Bertz CT molecular complexity index is 1160. The van der Waals surface area contributed by atoms with Crippen molar-refractivity contribution in [3.05, 3.63) is 83.9 Å². The molecule has 4 rings (SSSR count). The summed E-state index contributed by atoms with van der Waals surface area (Å²) in [7, 11) is 0. The zero-order chi connectivity index (χ0) is 23.2. The number of aryl methyl sites for hydroxylation is 1. The number of benzene rings is 2. The van der Waals surface area contributed by atoms with Gasteiger partial charge >= 0.3 is 6.61 Å². The first-order chi connectivity index (χ1) is 16.0. The van der Waals surface area contributed by atoms with Crippen molar-refractivity contribution in [1.29, 1.82) is 0 Å². The Morgan fingerprint density at radius 1 is 1.12 bits per heavy atom. The lowest BCUT2D eigenvalue weighted by Crippen LogP contribution is -2.30. The average molecular weight is 470 g/mol. The van der Waals surface area contributed by atoms with Crippen LogP contribution >= 0.6 is 11.8 Å². The molecule has 0 radical (unpaired) electrons. The van der Waals surface area contributed by atoms with Gasteiger partial charge in [0.15, 0.2) is 5.17 Å². The number of nitrogens with zero attached hydrogens (tertiary/aromatic N) is 2. The Hall–Kier alpha value is -3.59. The van der Waals surface area contributed by atoms with Crippen LogP contribution in [0.2, 0.25) is 0 Å². The molecule has 1 aliphatic heterocycles. The van der Waals surface area contributed by atoms with Gasteiger partial charge in [0.1, 0.15) is 23.0 Å². The fourth-order valence-corrected chi connectivity index (χ4v) is 3.93. The maximum atomic E-state index is 13.1. The van der Waals surface area contributed by atoms with Gasteiger partial charge in [-0.05, 0) is 61.0 Å². The summed E-state index contributed by atoms with van der Waals surface area (Å²) in [5.41, 5.74) is 1.79. The highest BCUT2D eigenvalue weighted by Crippen LogP contribution is 2.31. The number of halogens is 2. The molecule has 2 heterocycles. The molecule has 6 nitrogen and oxygen atoms in total. The van der Waals surface area contributed by atoms with E-state index in [0.717, 1.165) is 11.3 Å². The SMILES string of the molecule is Cc1cccc(OCCSC2=NC(=Cc3ccco3)C(=O)N2c2ccc(OC(F)F)cc2)c1. The van der Waals surface area contributed by atoms with Gasteiger partial charge in [0, 0.05) is 11.8 Å². The molecule has 0 saturated heterocycles. The van der Waals surface area contributed by atoms with E-state index in [1.54, 1.807) is 18.2 Å². The molecule has 0 atom stereocenters. The number of aliphatic imine (C=N–C) groups is 1. The summed E-state index contributed by atoms with van der Waals surface area (Å²) in [4.78, 5) is 19.0. The van der Waals surface area contributed by atoms with Crippen molar-refractivity contribution in [1.82, 2.24) is 0 Å². The zero-order valence-corrected chi connectivity index (χ0v) is 18.4. The van der Waals surface area contributed by atoms with Gasteiger partial charge in [-0.1, -0.05) is 23.9 Å². The van der Waals surface area contributed by atoms with E-state index in [9.17, 15) is 13.6 Å². The first kappa shape index (κ1) is 22.6. The number of anilines is 1. The second-order valence-electron chi connectivity index (χ2n) is 6.97. The molecular weight excluding hydrogens is 450 g/mol. The molecule has 1 aromatic heterocycles. The van der Waals surface area contributed by atoms with Gasteiger partial charge in [0.05, 0.1) is 18.6 Å². The first-order valence-corrected chi connectivity index (χ1v) is 11.0. The third kappa shape index (κ3) is 5.81. The molecule has 0 saturated carbocycles. The Balaban J connectivity index is 1.50. The molecule has 0 N–H and O–H groups in total. The van der Waals surface area contributed by atoms with Gasteiger partial charge in [-0.25, -0.2) is 4.99 Å². The minimum atomic E-state index is -2.92. The van der Waals surface area contributed by atoms with Crippen LogP contribution in [0.1, 0.15) is 11.3 Å². The molecular formula is C24H20F2N2O4S. The molecule has 1 aliphatic rings. The van der Waals surface area contributed by atoms with Crippen molar-refractivity contribution in [2.45, 2.75) is 13.5 Å². The van der Waals surface area contributed by atoms with Crippen LogP contribution < -0.4 is 14.4 Å². The number of rotatable bonds is 8. The van der Waals surface area contributed by atoms with E-state index in [4.69, 9.17) is 9.15 Å². The second-order valence-corrected chi connectivity index (χ2v) is 8.03. The van der Waals surface area contributed by atoms with Crippen LogP contribution in [0.15, 0.2) is 82.0 Å². The maximum absolute atomic E-state index is 13.1. The Kier molecular flexibility index (Phi) is 7.09. The van der Waals surface area contributed by atoms with Gasteiger partial charge in [-0.15, -0.1) is 0 Å². The van der Waals surface area contributed by atoms with Crippen LogP contribution in [-0.2, 0) is 4.79 Å². The summed E-state index contributed by atoms with van der Waals surface area (Å²) < 4.78 is 40.4. The second kappa shape index (κ2) is 10.4. The number of furan rings is 1. The first-order valence-electron chi connectivity index (χ1n) is 10.0. The van der Waals surface area contributed by atoms with Crippen molar-refractivity contribution in [2.24, 2.45) is 4.99 Å². The van der Waals surface area contributed by atoms with Crippen LogP contribution in [0.3, 0.4) is 0 Å². The fourth-order valence-electron chi connectivity index (χ4n) is 3.10. The molecule has 0 aliphatic carbocycles. The number of amidine groups is 1. The smallest absolute Gasteiger partial charge is 0.387 e. The molecule has 0 fully saturated rings. The minimum absolute atomic E-state index is 0.00411. The van der Waals surface area contributed by atoms with Crippen molar-refractivity contribution < 1.29 is 27.5 Å². The number of carbonyl (C=O) groups excluding carboxylic acids is 1. The number of thioether (sulfide) groups is 1. The number of alkyl halides is 2. The van der Waals surface area contributed by atoms with Crippen molar-refractivity contribution in [3.8, 4) is 11.5 Å². The highest BCUT2D eigenvalue weighted by Gasteiger charge is 2.32. The summed E-state index contributed by atoms with van der Waals surface area (Å²) in [6.07, 6.45) is 3.06. The number of ether oxygens (including phenoxy) is 2. The van der Waals surface area contributed by atoms with Gasteiger partial charge < -0.3 is 13.9 Å². The van der Waals surface area contributed by atoms with Gasteiger partial charge in [-0.2, -0.15) is 8.78 Å². The van der Waals surface area contributed by atoms with Crippen molar-refractivity contribution in [2.75, 3.05) is 17.3 Å². The van der Waals surface area contributed by atoms with Crippen LogP contribution in [0.4, 0.5) is 14.5 Å². The lowest BCUT2D eigenvalue weighted by atomic mass is 10.2. The van der Waals surface area contributed by atoms with E-state index in [0.29, 0.717) is 29.0 Å². The van der Waals surface area contributed by atoms with E-state index >= 15 is 0 Å². The number of carbonyl (C=O) groups is 1. The quantitative estimate of drug-likeness (QED) is 0.310. The molecule has 3 aromatic rings. The third-order valence-corrected chi connectivity index (χ3v) is 5.45. The Labute approximate surface area is 193 Å². The molecule has 2 aromatic carbocycles. The molecule has 0 bridgehead atoms. The van der Waals surface area contributed by atoms with E-state index in [2.05, 4.69) is 9.73 Å². The van der Waals surface area contributed by atoms with Gasteiger partial charge in [0.25, 0.3) is 5.91 Å². The predicted octanol–water partition coefficient (Wildman–Crippen LogP) is 5.75. The lowest BCUT2D eigenvalue weighted by Gasteiger charge is -2.18. The van der Waals surface area contributed by atoms with E-state index in [1.165, 1.54) is 47.2 Å². The Morgan fingerprint density at radius 2 is 1.94 bits per heavy atom. The molecule has 0 spiro atoms. The third-order valence-electron chi connectivity index (χ3n) is 4.54. The minimum Gasteiger partial charge on any atom is -0.493 e. The zero-order valence-electron chi connectivity index (χ0n) is 17.6. The summed E-state index contributed by atoms with van der Waals surface area (Å²) in [6, 6.07) is 17.0. The average Bonchev–Trinajstić information content (AvgIpc) is 3.40. The maximum Gasteiger partial charge on any atom is 0.387 e. The van der Waals surface area contributed by atoms with Crippen molar-refractivity contribution >= 4 is 34.6 Å². The van der Waals surface area contributed by atoms with E-state index in [-0.39, 0.29) is 17.4 Å². The summed E-state index contributed by atoms with van der Waals surface area (Å²) in [6.45, 7) is -0.524. The Morgan fingerprint density at radius 3 is 2.64 bits per heavy atom. The van der Waals surface area contributed by atoms with Crippen LogP contribution in [0.25, 0.3) is 6.08 Å². The van der Waals surface area contributed by atoms with Crippen LogP contribution in [-0.4, -0.2) is 30.0 Å². The topological polar surface area (TPSA) is 64.3 Å². The summed E-state index contributed by atoms with van der Waals surface area (Å²) in [5, 5.41) is 0.452. The number of hydrogen-bond acceptors (Lipinski definition) is 6. The monoisotopic (exact) mass is 470 g/mol. The van der Waals surface area contributed by atoms with Gasteiger partial charge in [-0.3, -0.25) is 9.69 Å². The summed E-state index contributed by atoms with van der Waals surface area (Å²) >= 11 is 1.35.